The molecule has 0 atom stereocenters. The molecule has 0 aliphatic rings. The summed E-state index contributed by atoms with van der Waals surface area (Å²) in [6, 6.07) is 0. The highest BCUT2D eigenvalue weighted by atomic mass is 13.9. The third-order valence-corrected chi connectivity index (χ3v) is 1.16. The predicted molar refractivity (Wildman–Crippen MR) is 38.1 cm³/mol. The van der Waals surface area contributed by atoms with Gasteiger partial charge < -0.3 is 0 Å². The van der Waals surface area contributed by atoms with Crippen molar-refractivity contribution in [2.24, 2.45) is 0 Å². The van der Waals surface area contributed by atoms with Crippen LogP contribution in [-0.4, -0.2) is 0 Å². The summed E-state index contributed by atoms with van der Waals surface area (Å²) in [5, 5.41) is 0. The van der Waals surface area contributed by atoms with Crippen LogP contribution in [0.15, 0.2) is 0 Å². The van der Waals surface area contributed by atoms with Crippen molar-refractivity contribution in [2.45, 2.75) is 32.1 Å². The van der Waals surface area contributed by atoms with E-state index in [1.165, 1.54) is 25.7 Å². The van der Waals surface area contributed by atoms with Crippen molar-refractivity contribution in [2.75, 3.05) is 0 Å². The second-order valence-electron chi connectivity index (χ2n) is 1.99. The molecule has 0 aliphatic carbocycles. The first-order valence-corrected chi connectivity index (χ1v) is 3.32. The first-order chi connectivity index (χ1) is 3.91. The minimum atomic E-state index is 1.08. The van der Waals surface area contributed by atoms with E-state index in [-0.39, 0.29) is 0 Å². The van der Waals surface area contributed by atoms with Crippen LogP contribution in [0, 0.1) is 20.3 Å². The average Bonchev–Trinajstić information content (AvgIpc) is 1.81. The van der Waals surface area contributed by atoms with Crippen LogP contribution in [0.4, 0.5) is 0 Å². The molecule has 3 radical (unpaired) electrons. The van der Waals surface area contributed by atoms with Crippen LogP contribution in [-0.2, 0) is 0 Å². The van der Waals surface area contributed by atoms with Gasteiger partial charge in [-0.05, 0) is 13.3 Å². The third kappa shape index (κ3) is 6.00. The van der Waals surface area contributed by atoms with E-state index >= 15 is 0 Å². The van der Waals surface area contributed by atoms with Gasteiger partial charge in [0, 0.05) is 0 Å². The molecule has 0 amide bonds. The van der Waals surface area contributed by atoms with E-state index in [4.69, 9.17) is 0 Å². The summed E-state index contributed by atoms with van der Waals surface area (Å²) in [5.74, 6) is 0. The van der Waals surface area contributed by atoms with Crippen molar-refractivity contribution in [3.63, 3.8) is 0 Å². The number of hydrogen-bond donors (Lipinski definition) is 0. The number of hydrogen-bond acceptors (Lipinski definition) is 0. The Labute approximate surface area is 53.3 Å². The Morgan fingerprint density at radius 1 is 1.12 bits per heavy atom. The van der Waals surface area contributed by atoms with Gasteiger partial charge in [-0.3, -0.25) is 0 Å². The van der Waals surface area contributed by atoms with Crippen LogP contribution in [0.25, 0.3) is 0 Å². The molecular weight excluding hydrogens is 96.1 g/mol. The van der Waals surface area contributed by atoms with Crippen LogP contribution >= 0.6 is 0 Å². The highest BCUT2D eigenvalue weighted by Gasteiger charge is 1.83. The van der Waals surface area contributed by atoms with E-state index in [0.717, 1.165) is 6.42 Å². The van der Waals surface area contributed by atoms with E-state index in [1.807, 2.05) is 6.42 Å². The number of unbranched alkanes of at least 4 members (excludes halogenated alkanes) is 5. The molecule has 0 saturated heterocycles. The van der Waals surface area contributed by atoms with Crippen LogP contribution in [0.3, 0.4) is 0 Å². The van der Waals surface area contributed by atoms with Crippen LogP contribution in [0.2, 0.25) is 0 Å². The fraction of sp³-hybridized carbons (Fsp3) is 0.625. The standard InChI is InChI=1S/C8H15/c1-3-5-7-8-6-4-2/h3H,1-2,4-8H2. The predicted octanol–water partition coefficient (Wildman–Crippen LogP) is 2.81. The molecule has 0 bridgehead atoms. The molecule has 0 fully saturated rings. The maximum Gasteiger partial charge on any atom is -0.0386 e. The van der Waals surface area contributed by atoms with Crippen molar-refractivity contribution >= 4 is 0 Å². The Bertz CT molecular complexity index is 25.0. The second kappa shape index (κ2) is 7.00. The maximum atomic E-state index is 3.76. The van der Waals surface area contributed by atoms with Gasteiger partial charge in [0.25, 0.3) is 0 Å². The molecule has 8 heavy (non-hydrogen) atoms. The molecule has 0 rings (SSSR count). The minimum Gasteiger partial charge on any atom is -0.0533 e. The van der Waals surface area contributed by atoms with Gasteiger partial charge in [0.2, 0.25) is 0 Å². The van der Waals surface area contributed by atoms with Gasteiger partial charge in [-0.25, -0.2) is 0 Å². The zero-order valence-electron chi connectivity index (χ0n) is 5.53. The Morgan fingerprint density at radius 3 is 2.38 bits per heavy atom. The van der Waals surface area contributed by atoms with Crippen molar-refractivity contribution in [1.29, 1.82) is 0 Å². The molecule has 0 aromatic heterocycles. The van der Waals surface area contributed by atoms with Crippen LogP contribution < -0.4 is 0 Å². The van der Waals surface area contributed by atoms with Gasteiger partial charge >= 0.3 is 0 Å². The summed E-state index contributed by atoms with van der Waals surface area (Å²) in [6.07, 6.45) is 8.10. The first-order valence-electron chi connectivity index (χ1n) is 3.32. The minimum absolute atomic E-state index is 1.08. The largest absolute Gasteiger partial charge is 0.0533 e. The molecule has 0 aromatic carbocycles. The monoisotopic (exact) mass is 111 g/mol. The van der Waals surface area contributed by atoms with Crippen molar-refractivity contribution in [3.05, 3.63) is 20.3 Å². The van der Waals surface area contributed by atoms with E-state index in [2.05, 4.69) is 13.8 Å². The second-order valence-corrected chi connectivity index (χ2v) is 1.99. The molecule has 0 nitrogen and oxygen atoms in total. The van der Waals surface area contributed by atoms with Gasteiger partial charge in [-0.15, -0.1) is 0 Å². The van der Waals surface area contributed by atoms with Crippen LogP contribution in [0.5, 0.6) is 0 Å². The molecular formula is C8H15. The average molecular weight is 111 g/mol. The SMILES string of the molecule is [CH2][CH]CCCCC[CH2]. The van der Waals surface area contributed by atoms with Crippen molar-refractivity contribution in [1.82, 2.24) is 0 Å². The molecule has 0 spiro atoms. The summed E-state index contributed by atoms with van der Waals surface area (Å²) >= 11 is 0. The fourth-order valence-electron chi connectivity index (χ4n) is 0.642. The van der Waals surface area contributed by atoms with E-state index in [0.29, 0.717) is 0 Å². The summed E-state index contributed by atoms with van der Waals surface area (Å²) in [6.45, 7) is 7.40. The lowest BCUT2D eigenvalue weighted by Gasteiger charge is -1.93. The smallest absolute Gasteiger partial charge is 0.0386 e. The van der Waals surface area contributed by atoms with Gasteiger partial charge in [0.05, 0.1) is 0 Å². The lowest BCUT2D eigenvalue weighted by molar-refractivity contribution is 0.685. The molecule has 0 heteroatoms. The van der Waals surface area contributed by atoms with Crippen LogP contribution in [0.1, 0.15) is 32.1 Å². The zero-order chi connectivity index (χ0) is 6.24. The molecule has 0 heterocycles. The molecule has 0 unspecified atom stereocenters. The topological polar surface area (TPSA) is 0 Å². The molecule has 0 aromatic rings. The lowest BCUT2D eigenvalue weighted by atomic mass is 10.1. The zero-order valence-corrected chi connectivity index (χ0v) is 5.53. The van der Waals surface area contributed by atoms with E-state index in [1.54, 1.807) is 0 Å². The fourth-order valence-corrected chi connectivity index (χ4v) is 0.642. The Hall–Kier alpha value is 0. The van der Waals surface area contributed by atoms with Crippen molar-refractivity contribution < 1.29 is 0 Å². The van der Waals surface area contributed by atoms with Gasteiger partial charge in [0.1, 0.15) is 0 Å². The summed E-state index contributed by atoms with van der Waals surface area (Å²) in [7, 11) is 0. The molecule has 0 saturated carbocycles. The highest BCUT2D eigenvalue weighted by molar-refractivity contribution is 4.65. The maximum absolute atomic E-state index is 3.76. The number of rotatable bonds is 5. The summed E-state index contributed by atoms with van der Waals surface area (Å²) < 4.78 is 0. The van der Waals surface area contributed by atoms with Gasteiger partial charge in [0.15, 0.2) is 0 Å². The molecule has 0 N–H and O–H groups in total. The van der Waals surface area contributed by atoms with Crippen molar-refractivity contribution in [3.8, 4) is 0 Å². The summed E-state index contributed by atoms with van der Waals surface area (Å²) in [5.41, 5.74) is 0. The molecule has 0 aliphatic heterocycles. The lowest BCUT2D eigenvalue weighted by Crippen LogP contribution is -1.74. The highest BCUT2D eigenvalue weighted by Crippen LogP contribution is 2.02. The van der Waals surface area contributed by atoms with Gasteiger partial charge in [-0.1, -0.05) is 39.0 Å². The Kier molecular flexibility index (Phi) is 7.00. The normalized spacial score (nSPS) is 9.75. The third-order valence-electron chi connectivity index (χ3n) is 1.16. The Morgan fingerprint density at radius 2 is 1.88 bits per heavy atom. The Balaban J connectivity index is 2.53. The van der Waals surface area contributed by atoms with E-state index < -0.39 is 0 Å². The first kappa shape index (κ1) is 8.00. The molecule has 47 valence electrons. The van der Waals surface area contributed by atoms with E-state index in [9.17, 15) is 0 Å². The quantitative estimate of drug-likeness (QED) is 0.478. The summed E-state index contributed by atoms with van der Waals surface area (Å²) in [4.78, 5) is 0. The van der Waals surface area contributed by atoms with Gasteiger partial charge in [-0.2, -0.15) is 0 Å².